The zero-order chi connectivity index (χ0) is 22.6. The lowest BCUT2D eigenvalue weighted by Crippen LogP contribution is -2.52. The summed E-state index contributed by atoms with van der Waals surface area (Å²) in [7, 11) is -3.59. The van der Waals surface area contributed by atoms with Crippen molar-refractivity contribution in [1.29, 1.82) is 0 Å². The number of carbonyl (C=O) groups is 1. The fourth-order valence-electron chi connectivity index (χ4n) is 4.11. The number of rotatable bonds is 8. The van der Waals surface area contributed by atoms with Gasteiger partial charge in [-0.3, -0.25) is 9.69 Å². The van der Waals surface area contributed by atoms with Crippen LogP contribution in [0.2, 0.25) is 5.02 Å². The van der Waals surface area contributed by atoms with E-state index in [2.05, 4.69) is 11.0 Å². The highest BCUT2D eigenvalue weighted by atomic mass is 35.5. The lowest BCUT2D eigenvalue weighted by molar-refractivity contribution is -0.134. The molecule has 7 nitrogen and oxygen atoms in total. The van der Waals surface area contributed by atoms with Crippen LogP contribution in [0.3, 0.4) is 0 Å². The number of amides is 1. The summed E-state index contributed by atoms with van der Waals surface area (Å²) < 4.78 is 33.0. The highest BCUT2D eigenvalue weighted by molar-refractivity contribution is 7.89. The molecule has 0 bridgehead atoms. The van der Waals surface area contributed by atoms with Crippen LogP contribution in [-0.4, -0.2) is 80.4 Å². The van der Waals surface area contributed by atoms with Crippen LogP contribution in [-0.2, 0) is 26.1 Å². The maximum Gasteiger partial charge on any atom is 0.243 e. The highest BCUT2D eigenvalue weighted by Crippen LogP contribution is 2.21. The van der Waals surface area contributed by atoms with E-state index in [-0.39, 0.29) is 30.0 Å². The summed E-state index contributed by atoms with van der Waals surface area (Å²) in [6.45, 7) is 3.89. The molecule has 2 aliphatic rings. The Bertz CT molecular complexity index is 985. The van der Waals surface area contributed by atoms with Gasteiger partial charge >= 0.3 is 0 Å². The quantitative estimate of drug-likeness (QED) is 0.561. The van der Waals surface area contributed by atoms with Gasteiger partial charge in [0, 0.05) is 55.8 Å². The minimum atomic E-state index is -3.59. The van der Waals surface area contributed by atoms with Crippen LogP contribution in [0.5, 0.6) is 0 Å². The van der Waals surface area contributed by atoms with Gasteiger partial charge in [-0.15, -0.1) is 11.3 Å². The molecule has 2 saturated heterocycles. The molecule has 3 heterocycles. The summed E-state index contributed by atoms with van der Waals surface area (Å²) in [6.07, 6.45) is 2.26. The molecule has 4 rings (SSSR count). The molecule has 1 atom stereocenters. The van der Waals surface area contributed by atoms with Crippen molar-refractivity contribution in [2.75, 3.05) is 45.9 Å². The maximum atomic E-state index is 13.0. The van der Waals surface area contributed by atoms with Crippen molar-refractivity contribution >= 4 is 38.9 Å². The molecule has 10 heteroatoms. The summed E-state index contributed by atoms with van der Waals surface area (Å²) >= 11 is 7.56. The topological polar surface area (TPSA) is 70.2 Å². The van der Waals surface area contributed by atoms with E-state index >= 15 is 0 Å². The zero-order valence-corrected chi connectivity index (χ0v) is 20.2. The Morgan fingerprint density at radius 2 is 1.91 bits per heavy atom. The standard InChI is InChI=1S/C22H28ClN3O4S2/c23-18-5-7-21(8-6-18)32(28,29)26-11-9-25(10-12-26)22(27)17-24(15-19-3-1-13-30-19)16-20-4-2-14-31-20/h2,4-8,14,19H,1,3,9-13,15-17H2/t19-/m0/s1. The number of piperazine rings is 1. The van der Waals surface area contributed by atoms with Gasteiger partial charge in [0.1, 0.15) is 0 Å². The van der Waals surface area contributed by atoms with Gasteiger partial charge < -0.3 is 9.64 Å². The van der Waals surface area contributed by atoms with Crippen LogP contribution in [0.1, 0.15) is 17.7 Å². The molecular formula is C22H28ClN3O4S2. The second-order valence-electron chi connectivity index (χ2n) is 8.12. The Balaban J connectivity index is 1.34. The van der Waals surface area contributed by atoms with Crippen molar-refractivity contribution in [1.82, 2.24) is 14.1 Å². The largest absolute Gasteiger partial charge is 0.377 e. The van der Waals surface area contributed by atoms with E-state index < -0.39 is 10.0 Å². The Morgan fingerprint density at radius 3 is 2.53 bits per heavy atom. The normalized spacial score (nSPS) is 20.2. The molecule has 0 N–H and O–H groups in total. The SMILES string of the molecule is O=C(CN(Cc1cccs1)C[C@@H]1CCCO1)N1CCN(S(=O)(=O)c2ccc(Cl)cc2)CC1. The van der Waals surface area contributed by atoms with Gasteiger partial charge in [-0.1, -0.05) is 17.7 Å². The van der Waals surface area contributed by atoms with Crippen molar-refractivity contribution < 1.29 is 17.9 Å². The van der Waals surface area contributed by atoms with E-state index in [1.54, 1.807) is 28.4 Å². The van der Waals surface area contributed by atoms with Crippen LogP contribution in [0.15, 0.2) is 46.7 Å². The third-order valence-electron chi connectivity index (χ3n) is 5.85. The minimum Gasteiger partial charge on any atom is -0.377 e. The van der Waals surface area contributed by atoms with Gasteiger partial charge in [0.15, 0.2) is 0 Å². The summed E-state index contributed by atoms with van der Waals surface area (Å²) in [4.78, 5) is 18.4. The first-order valence-electron chi connectivity index (χ1n) is 10.8. The second kappa shape index (κ2) is 10.6. The maximum absolute atomic E-state index is 13.0. The first kappa shape index (κ1) is 23.7. The lowest BCUT2D eigenvalue weighted by atomic mass is 10.2. The third kappa shape index (κ3) is 5.89. The van der Waals surface area contributed by atoms with Crippen LogP contribution < -0.4 is 0 Å². The molecule has 2 aliphatic heterocycles. The van der Waals surface area contributed by atoms with E-state index in [1.807, 2.05) is 11.4 Å². The third-order valence-corrected chi connectivity index (χ3v) is 8.87. The number of nitrogens with zero attached hydrogens (tertiary/aromatic N) is 3. The number of hydrogen-bond acceptors (Lipinski definition) is 6. The van der Waals surface area contributed by atoms with Crippen molar-refractivity contribution in [2.45, 2.75) is 30.4 Å². The number of sulfonamides is 1. The zero-order valence-electron chi connectivity index (χ0n) is 17.9. The van der Waals surface area contributed by atoms with E-state index in [0.717, 1.165) is 26.0 Å². The van der Waals surface area contributed by atoms with Gasteiger partial charge in [-0.25, -0.2) is 8.42 Å². The van der Waals surface area contributed by atoms with E-state index in [9.17, 15) is 13.2 Å². The van der Waals surface area contributed by atoms with Crippen LogP contribution >= 0.6 is 22.9 Å². The van der Waals surface area contributed by atoms with Crippen LogP contribution in [0.25, 0.3) is 0 Å². The van der Waals surface area contributed by atoms with Gasteiger partial charge in [-0.2, -0.15) is 4.31 Å². The van der Waals surface area contributed by atoms with Crippen LogP contribution in [0, 0.1) is 0 Å². The Hall–Kier alpha value is -1.49. The number of ether oxygens (including phenoxy) is 1. The summed E-state index contributed by atoms with van der Waals surface area (Å²) in [5.41, 5.74) is 0. The molecule has 0 spiro atoms. The summed E-state index contributed by atoms with van der Waals surface area (Å²) in [5.74, 6) is 0.0306. The van der Waals surface area contributed by atoms with Crippen LogP contribution in [0.4, 0.5) is 0 Å². The van der Waals surface area contributed by atoms with E-state index in [4.69, 9.17) is 16.3 Å². The number of hydrogen-bond donors (Lipinski definition) is 0. The predicted octanol–water partition coefficient (Wildman–Crippen LogP) is 2.92. The predicted molar refractivity (Wildman–Crippen MR) is 125 cm³/mol. The van der Waals surface area contributed by atoms with Gasteiger partial charge in [0.2, 0.25) is 15.9 Å². The fourth-order valence-corrected chi connectivity index (χ4v) is 6.40. The van der Waals surface area contributed by atoms with Crippen molar-refractivity contribution in [3.8, 4) is 0 Å². The Kier molecular flexibility index (Phi) is 7.86. The Morgan fingerprint density at radius 1 is 1.16 bits per heavy atom. The average Bonchev–Trinajstić information content (AvgIpc) is 3.48. The molecule has 0 radical (unpaired) electrons. The van der Waals surface area contributed by atoms with E-state index in [1.165, 1.54) is 21.3 Å². The number of thiophene rings is 1. The highest BCUT2D eigenvalue weighted by Gasteiger charge is 2.31. The number of halogens is 1. The molecule has 32 heavy (non-hydrogen) atoms. The second-order valence-corrected chi connectivity index (χ2v) is 11.5. The first-order valence-corrected chi connectivity index (χ1v) is 13.5. The van der Waals surface area contributed by atoms with Gasteiger partial charge in [0.05, 0.1) is 17.5 Å². The molecule has 1 aromatic heterocycles. The molecular weight excluding hydrogens is 470 g/mol. The smallest absolute Gasteiger partial charge is 0.243 e. The van der Waals surface area contributed by atoms with Crippen molar-refractivity contribution in [3.63, 3.8) is 0 Å². The lowest BCUT2D eigenvalue weighted by Gasteiger charge is -2.35. The van der Waals surface area contributed by atoms with Crippen molar-refractivity contribution in [2.24, 2.45) is 0 Å². The average molecular weight is 498 g/mol. The fraction of sp³-hybridized carbons (Fsp3) is 0.500. The molecule has 1 aromatic carbocycles. The number of benzene rings is 1. The minimum absolute atomic E-state index is 0.0306. The molecule has 2 fully saturated rings. The molecule has 0 saturated carbocycles. The summed E-state index contributed by atoms with van der Waals surface area (Å²) in [5, 5.41) is 2.54. The molecule has 1 amide bonds. The van der Waals surface area contributed by atoms with Gasteiger partial charge in [0.25, 0.3) is 0 Å². The van der Waals surface area contributed by atoms with E-state index in [0.29, 0.717) is 31.2 Å². The molecule has 2 aromatic rings. The first-order chi connectivity index (χ1) is 15.4. The Labute approximate surface area is 198 Å². The summed E-state index contributed by atoms with van der Waals surface area (Å²) in [6, 6.07) is 10.3. The molecule has 0 aliphatic carbocycles. The van der Waals surface area contributed by atoms with Gasteiger partial charge in [-0.05, 0) is 48.6 Å². The van der Waals surface area contributed by atoms with Crippen molar-refractivity contribution in [3.05, 3.63) is 51.7 Å². The molecule has 0 unspecified atom stereocenters. The number of carbonyl (C=O) groups excluding carboxylic acids is 1. The monoisotopic (exact) mass is 497 g/mol. The molecule has 174 valence electrons.